The molecule has 1 heterocycles. The SMILES string of the molecule is Cc1cc2c(ccn2C2CCC2N(C)C)cc1F. The fourth-order valence-electron chi connectivity index (χ4n) is 2.96. The molecule has 2 aromatic rings. The van der Waals surface area contributed by atoms with Crippen LogP contribution in [0.15, 0.2) is 24.4 Å². The van der Waals surface area contributed by atoms with Crippen LogP contribution in [0.2, 0.25) is 0 Å². The van der Waals surface area contributed by atoms with E-state index in [9.17, 15) is 4.39 Å². The molecule has 96 valence electrons. The maximum absolute atomic E-state index is 13.5. The Hall–Kier alpha value is -1.35. The van der Waals surface area contributed by atoms with Gasteiger partial charge in [0, 0.05) is 29.2 Å². The molecule has 18 heavy (non-hydrogen) atoms. The summed E-state index contributed by atoms with van der Waals surface area (Å²) in [5, 5.41) is 1.00. The van der Waals surface area contributed by atoms with E-state index in [1.807, 2.05) is 19.1 Å². The molecule has 2 nitrogen and oxygen atoms in total. The van der Waals surface area contributed by atoms with Crippen LogP contribution in [0.3, 0.4) is 0 Å². The molecule has 0 radical (unpaired) electrons. The van der Waals surface area contributed by atoms with Crippen molar-refractivity contribution in [1.29, 1.82) is 0 Å². The van der Waals surface area contributed by atoms with Crippen molar-refractivity contribution >= 4 is 10.9 Å². The van der Waals surface area contributed by atoms with Crippen LogP contribution in [0.4, 0.5) is 4.39 Å². The maximum atomic E-state index is 13.5. The summed E-state index contributed by atoms with van der Waals surface area (Å²) in [5.74, 6) is -0.113. The summed E-state index contributed by atoms with van der Waals surface area (Å²) in [5.41, 5.74) is 1.88. The van der Waals surface area contributed by atoms with Crippen molar-refractivity contribution in [2.24, 2.45) is 0 Å². The molecule has 0 spiro atoms. The van der Waals surface area contributed by atoms with Gasteiger partial charge in [0.25, 0.3) is 0 Å². The molecule has 1 fully saturated rings. The number of halogens is 1. The minimum absolute atomic E-state index is 0.113. The van der Waals surface area contributed by atoms with Crippen LogP contribution in [0.1, 0.15) is 24.4 Å². The topological polar surface area (TPSA) is 8.17 Å². The Kier molecular flexibility index (Phi) is 2.67. The summed E-state index contributed by atoms with van der Waals surface area (Å²) in [6, 6.07) is 6.76. The number of hydrogen-bond donors (Lipinski definition) is 0. The maximum Gasteiger partial charge on any atom is 0.126 e. The quantitative estimate of drug-likeness (QED) is 0.789. The van der Waals surface area contributed by atoms with Crippen molar-refractivity contribution in [3.63, 3.8) is 0 Å². The van der Waals surface area contributed by atoms with Crippen molar-refractivity contribution in [3.05, 3.63) is 35.8 Å². The third kappa shape index (κ3) is 1.65. The number of aryl methyl sites for hydroxylation is 1. The number of aromatic nitrogens is 1. The number of likely N-dealkylation sites (N-methyl/N-ethyl adjacent to an activating group) is 1. The highest BCUT2D eigenvalue weighted by Gasteiger charge is 2.34. The van der Waals surface area contributed by atoms with Gasteiger partial charge in [-0.2, -0.15) is 0 Å². The molecule has 2 unspecified atom stereocenters. The van der Waals surface area contributed by atoms with E-state index in [0.717, 1.165) is 16.5 Å². The lowest BCUT2D eigenvalue weighted by Crippen LogP contribution is -2.43. The third-order valence-electron chi connectivity index (χ3n) is 4.22. The fraction of sp³-hybridized carbons (Fsp3) is 0.467. The molecule has 1 aliphatic carbocycles. The first-order chi connectivity index (χ1) is 8.58. The van der Waals surface area contributed by atoms with Crippen molar-refractivity contribution in [2.45, 2.75) is 31.8 Å². The zero-order chi connectivity index (χ0) is 12.9. The molecule has 1 saturated carbocycles. The summed E-state index contributed by atoms with van der Waals surface area (Å²) in [6.45, 7) is 1.83. The number of rotatable bonds is 2. The third-order valence-corrected chi connectivity index (χ3v) is 4.22. The molecule has 2 atom stereocenters. The molecule has 1 aromatic carbocycles. The van der Waals surface area contributed by atoms with Crippen LogP contribution in [-0.2, 0) is 0 Å². The number of hydrogen-bond acceptors (Lipinski definition) is 1. The number of benzene rings is 1. The molecule has 0 bridgehead atoms. The van der Waals surface area contributed by atoms with Gasteiger partial charge in [-0.1, -0.05) is 0 Å². The smallest absolute Gasteiger partial charge is 0.126 e. The van der Waals surface area contributed by atoms with Gasteiger partial charge >= 0.3 is 0 Å². The van der Waals surface area contributed by atoms with Crippen molar-refractivity contribution in [2.75, 3.05) is 14.1 Å². The van der Waals surface area contributed by atoms with E-state index in [4.69, 9.17) is 0 Å². The molecule has 1 aliphatic rings. The van der Waals surface area contributed by atoms with Crippen molar-refractivity contribution < 1.29 is 4.39 Å². The van der Waals surface area contributed by atoms with Gasteiger partial charge in [0.2, 0.25) is 0 Å². The predicted molar refractivity (Wildman–Crippen MR) is 72.4 cm³/mol. The van der Waals surface area contributed by atoms with E-state index in [1.54, 1.807) is 6.07 Å². The second kappa shape index (κ2) is 4.09. The molecule has 0 N–H and O–H groups in total. The lowest BCUT2D eigenvalue weighted by atomic mass is 9.85. The molecular formula is C15H19FN2. The van der Waals surface area contributed by atoms with Gasteiger partial charge in [-0.05, 0) is 57.6 Å². The Bertz CT molecular complexity index is 585. The average Bonchev–Trinajstić information content (AvgIpc) is 2.60. The lowest BCUT2D eigenvalue weighted by molar-refractivity contribution is 0.116. The molecule has 0 aliphatic heterocycles. The highest BCUT2D eigenvalue weighted by atomic mass is 19.1. The minimum atomic E-state index is -0.113. The molecule has 0 saturated heterocycles. The van der Waals surface area contributed by atoms with Crippen LogP contribution in [0.25, 0.3) is 10.9 Å². The molecule has 0 amide bonds. The molecule has 3 heteroatoms. The Morgan fingerprint density at radius 2 is 2.06 bits per heavy atom. The van der Waals surface area contributed by atoms with Gasteiger partial charge in [0.1, 0.15) is 5.82 Å². The van der Waals surface area contributed by atoms with Gasteiger partial charge in [-0.3, -0.25) is 0 Å². The Morgan fingerprint density at radius 1 is 1.28 bits per heavy atom. The highest BCUT2D eigenvalue weighted by molar-refractivity contribution is 5.81. The molecule has 3 rings (SSSR count). The first-order valence-corrected chi connectivity index (χ1v) is 6.51. The monoisotopic (exact) mass is 246 g/mol. The molecule has 1 aromatic heterocycles. The van der Waals surface area contributed by atoms with Gasteiger partial charge < -0.3 is 9.47 Å². The Morgan fingerprint density at radius 3 is 2.67 bits per heavy atom. The van der Waals surface area contributed by atoms with E-state index >= 15 is 0 Å². The largest absolute Gasteiger partial charge is 0.343 e. The predicted octanol–water partition coefficient (Wildman–Crippen LogP) is 3.35. The van der Waals surface area contributed by atoms with Gasteiger partial charge in [-0.25, -0.2) is 4.39 Å². The van der Waals surface area contributed by atoms with Gasteiger partial charge in [-0.15, -0.1) is 0 Å². The second-order valence-electron chi connectivity index (χ2n) is 5.56. The van der Waals surface area contributed by atoms with E-state index in [1.165, 1.54) is 12.8 Å². The number of nitrogens with zero attached hydrogens (tertiary/aromatic N) is 2. The fourth-order valence-corrected chi connectivity index (χ4v) is 2.96. The summed E-state index contributed by atoms with van der Waals surface area (Å²) < 4.78 is 15.9. The second-order valence-corrected chi connectivity index (χ2v) is 5.56. The highest BCUT2D eigenvalue weighted by Crippen LogP contribution is 2.38. The van der Waals surface area contributed by atoms with E-state index in [2.05, 4.69) is 29.8 Å². The van der Waals surface area contributed by atoms with Crippen molar-refractivity contribution in [3.8, 4) is 0 Å². The average molecular weight is 246 g/mol. The van der Waals surface area contributed by atoms with E-state index < -0.39 is 0 Å². The Balaban J connectivity index is 2.05. The zero-order valence-electron chi connectivity index (χ0n) is 11.2. The van der Waals surface area contributed by atoms with E-state index in [-0.39, 0.29) is 5.82 Å². The van der Waals surface area contributed by atoms with Gasteiger partial charge in [0.05, 0.1) is 0 Å². The van der Waals surface area contributed by atoms with Crippen LogP contribution in [0.5, 0.6) is 0 Å². The van der Waals surface area contributed by atoms with Gasteiger partial charge in [0.15, 0.2) is 0 Å². The van der Waals surface area contributed by atoms with E-state index in [0.29, 0.717) is 12.1 Å². The molecular weight excluding hydrogens is 227 g/mol. The minimum Gasteiger partial charge on any atom is -0.343 e. The first kappa shape index (κ1) is 11.7. The van der Waals surface area contributed by atoms with Crippen LogP contribution in [-0.4, -0.2) is 29.6 Å². The summed E-state index contributed by atoms with van der Waals surface area (Å²) >= 11 is 0. The van der Waals surface area contributed by atoms with Crippen LogP contribution < -0.4 is 0 Å². The number of fused-ring (bicyclic) bond motifs is 1. The lowest BCUT2D eigenvalue weighted by Gasteiger charge is -2.42. The van der Waals surface area contributed by atoms with Crippen LogP contribution >= 0.6 is 0 Å². The first-order valence-electron chi connectivity index (χ1n) is 6.51. The standard InChI is InChI=1S/C15H19FN2/c1-10-8-15-11(9-12(10)16)6-7-18(15)14-5-4-13(14)17(2)3/h6-9,13-14H,4-5H2,1-3H3. The Labute approximate surface area is 107 Å². The summed E-state index contributed by atoms with van der Waals surface area (Å²) in [6.07, 6.45) is 4.56. The zero-order valence-corrected chi connectivity index (χ0v) is 11.2. The summed E-state index contributed by atoms with van der Waals surface area (Å²) in [7, 11) is 4.26. The normalized spacial score (nSPS) is 23.6. The van der Waals surface area contributed by atoms with Crippen molar-refractivity contribution in [1.82, 2.24) is 9.47 Å². The summed E-state index contributed by atoms with van der Waals surface area (Å²) in [4.78, 5) is 2.29. The van der Waals surface area contributed by atoms with Crippen LogP contribution in [0, 0.1) is 12.7 Å².